The van der Waals surface area contributed by atoms with E-state index in [1.165, 1.54) is 6.07 Å². The number of aliphatic hydroxyl groups is 1. The molecule has 1 unspecified atom stereocenters. The molecular weight excluding hydrogens is 335 g/mol. The van der Waals surface area contributed by atoms with Gasteiger partial charge >= 0.3 is 6.18 Å². The van der Waals surface area contributed by atoms with Gasteiger partial charge in [0, 0.05) is 23.2 Å². The SMILES string of the molecule is CC(O)C1CCN(c2ccc(Br)cc2C(F)(F)F)CC1. The van der Waals surface area contributed by atoms with Gasteiger partial charge in [-0.1, -0.05) is 15.9 Å². The second kappa shape index (κ2) is 5.93. The average molecular weight is 352 g/mol. The summed E-state index contributed by atoms with van der Waals surface area (Å²) in [5.74, 6) is 0.177. The molecule has 1 heterocycles. The number of alkyl halides is 3. The van der Waals surface area contributed by atoms with Crippen LogP contribution >= 0.6 is 15.9 Å². The standard InChI is InChI=1S/C14H17BrF3NO/c1-9(20)10-4-6-19(7-5-10)13-3-2-11(15)8-12(13)14(16,17)18/h2-3,8-10,20H,4-7H2,1H3. The fraction of sp³-hybridized carbons (Fsp3) is 0.571. The monoisotopic (exact) mass is 351 g/mol. The van der Waals surface area contributed by atoms with Crippen LogP contribution < -0.4 is 4.90 Å². The number of anilines is 1. The summed E-state index contributed by atoms with van der Waals surface area (Å²) in [7, 11) is 0. The molecule has 20 heavy (non-hydrogen) atoms. The van der Waals surface area contributed by atoms with Gasteiger partial charge in [-0.15, -0.1) is 0 Å². The first-order valence-electron chi connectivity index (χ1n) is 6.59. The predicted molar refractivity (Wildman–Crippen MR) is 75.8 cm³/mol. The molecule has 0 amide bonds. The van der Waals surface area contributed by atoms with Gasteiger partial charge < -0.3 is 10.0 Å². The number of hydrogen-bond donors (Lipinski definition) is 1. The van der Waals surface area contributed by atoms with Gasteiger partial charge in [-0.25, -0.2) is 0 Å². The first-order valence-corrected chi connectivity index (χ1v) is 7.38. The summed E-state index contributed by atoms with van der Waals surface area (Å²) in [6.07, 6.45) is -3.33. The Morgan fingerprint density at radius 1 is 1.30 bits per heavy atom. The second-order valence-corrected chi connectivity index (χ2v) is 6.14. The Morgan fingerprint density at radius 3 is 2.40 bits per heavy atom. The Balaban J connectivity index is 2.22. The third-order valence-electron chi connectivity index (χ3n) is 3.83. The van der Waals surface area contributed by atoms with Crippen LogP contribution in [0.1, 0.15) is 25.3 Å². The molecule has 0 aromatic heterocycles. The van der Waals surface area contributed by atoms with Gasteiger partial charge in [-0.05, 0) is 43.9 Å². The van der Waals surface area contributed by atoms with E-state index in [-0.39, 0.29) is 11.6 Å². The Kier molecular flexibility index (Phi) is 4.64. The normalized spacial score (nSPS) is 19.2. The van der Waals surface area contributed by atoms with Gasteiger partial charge in [0.1, 0.15) is 0 Å². The van der Waals surface area contributed by atoms with Crippen molar-refractivity contribution in [3.8, 4) is 0 Å². The Bertz CT molecular complexity index is 468. The van der Waals surface area contributed by atoms with Crippen molar-refractivity contribution in [3.05, 3.63) is 28.2 Å². The lowest BCUT2D eigenvalue weighted by Crippen LogP contribution is -2.38. The van der Waals surface area contributed by atoms with Gasteiger partial charge in [-0.2, -0.15) is 13.2 Å². The van der Waals surface area contributed by atoms with Crippen LogP contribution in [-0.2, 0) is 6.18 Å². The zero-order chi connectivity index (χ0) is 14.9. The number of halogens is 4. The molecule has 0 bridgehead atoms. The molecule has 0 saturated carbocycles. The van der Waals surface area contributed by atoms with Gasteiger partial charge in [0.25, 0.3) is 0 Å². The lowest BCUT2D eigenvalue weighted by molar-refractivity contribution is -0.137. The van der Waals surface area contributed by atoms with Crippen molar-refractivity contribution in [1.82, 2.24) is 0 Å². The van der Waals surface area contributed by atoms with Crippen molar-refractivity contribution in [2.24, 2.45) is 5.92 Å². The molecule has 1 aromatic carbocycles. The molecule has 1 N–H and O–H groups in total. The summed E-state index contributed by atoms with van der Waals surface area (Å²) >= 11 is 3.09. The fourth-order valence-electron chi connectivity index (χ4n) is 2.63. The molecule has 1 fully saturated rings. The third-order valence-corrected chi connectivity index (χ3v) is 4.32. The van der Waals surface area contributed by atoms with Gasteiger partial charge in [-0.3, -0.25) is 0 Å². The van der Waals surface area contributed by atoms with Crippen LogP contribution in [-0.4, -0.2) is 24.3 Å². The summed E-state index contributed by atoms with van der Waals surface area (Å²) in [5, 5.41) is 9.55. The van der Waals surface area contributed by atoms with Gasteiger partial charge in [0.15, 0.2) is 0 Å². The van der Waals surface area contributed by atoms with Crippen molar-refractivity contribution in [2.45, 2.75) is 32.0 Å². The minimum Gasteiger partial charge on any atom is -0.393 e. The second-order valence-electron chi connectivity index (χ2n) is 5.22. The molecule has 2 rings (SSSR count). The van der Waals surface area contributed by atoms with E-state index in [1.54, 1.807) is 17.9 Å². The highest BCUT2D eigenvalue weighted by Gasteiger charge is 2.36. The van der Waals surface area contributed by atoms with Crippen molar-refractivity contribution in [1.29, 1.82) is 0 Å². The number of benzene rings is 1. The lowest BCUT2D eigenvalue weighted by atomic mass is 9.91. The third kappa shape index (κ3) is 3.47. The minimum absolute atomic E-state index is 0.177. The Morgan fingerprint density at radius 2 is 1.90 bits per heavy atom. The zero-order valence-electron chi connectivity index (χ0n) is 11.1. The molecular formula is C14H17BrF3NO. The topological polar surface area (TPSA) is 23.5 Å². The molecule has 6 heteroatoms. The largest absolute Gasteiger partial charge is 0.418 e. The van der Waals surface area contributed by atoms with Crippen molar-refractivity contribution in [2.75, 3.05) is 18.0 Å². The van der Waals surface area contributed by atoms with E-state index >= 15 is 0 Å². The zero-order valence-corrected chi connectivity index (χ0v) is 12.7. The summed E-state index contributed by atoms with van der Waals surface area (Å²) < 4.78 is 39.7. The number of nitrogens with zero attached hydrogens (tertiary/aromatic N) is 1. The maximum absolute atomic E-state index is 13.1. The molecule has 112 valence electrons. The molecule has 1 aliphatic rings. The quantitative estimate of drug-likeness (QED) is 0.868. The Labute approximate surface area is 124 Å². The van der Waals surface area contributed by atoms with Crippen LogP contribution in [0.15, 0.2) is 22.7 Å². The van der Waals surface area contributed by atoms with E-state index in [4.69, 9.17) is 0 Å². The van der Waals surface area contributed by atoms with Crippen LogP contribution in [0.25, 0.3) is 0 Å². The molecule has 0 aliphatic carbocycles. The van der Waals surface area contributed by atoms with E-state index in [1.807, 2.05) is 0 Å². The van der Waals surface area contributed by atoms with E-state index in [0.717, 1.165) is 6.07 Å². The number of rotatable bonds is 2. The van der Waals surface area contributed by atoms with E-state index in [2.05, 4.69) is 15.9 Å². The van der Waals surface area contributed by atoms with Crippen molar-refractivity contribution in [3.63, 3.8) is 0 Å². The number of aliphatic hydroxyl groups excluding tert-OH is 1. The number of piperidine rings is 1. The predicted octanol–water partition coefficient (Wildman–Crippen LogP) is 4.07. The average Bonchev–Trinajstić information content (AvgIpc) is 2.38. The van der Waals surface area contributed by atoms with Gasteiger partial charge in [0.2, 0.25) is 0 Å². The van der Waals surface area contributed by atoms with Crippen LogP contribution in [0.3, 0.4) is 0 Å². The van der Waals surface area contributed by atoms with Gasteiger partial charge in [0.05, 0.1) is 11.7 Å². The summed E-state index contributed by atoms with van der Waals surface area (Å²) in [6.45, 7) is 2.82. The smallest absolute Gasteiger partial charge is 0.393 e. The first kappa shape index (κ1) is 15.6. The molecule has 2 nitrogen and oxygen atoms in total. The fourth-order valence-corrected chi connectivity index (χ4v) is 2.99. The van der Waals surface area contributed by atoms with Crippen LogP contribution in [0.2, 0.25) is 0 Å². The minimum atomic E-state index is -4.36. The highest BCUT2D eigenvalue weighted by Crippen LogP contribution is 2.39. The summed E-state index contributed by atoms with van der Waals surface area (Å²) in [5.41, 5.74) is -0.382. The maximum Gasteiger partial charge on any atom is 0.418 e. The molecule has 1 atom stereocenters. The highest BCUT2D eigenvalue weighted by atomic mass is 79.9. The maximum atomic E-state index is 13.1. The van der Waals surface area contributed by atoms with Crippen molar-refractivity contribution >= 4 is 21.6 Å². The highest BCUT2D eigenvalue weighted by molar-refractivity contribution is 9.10. The molecule has 1 aromatic rings. The van der Waals surface area contributed by atoms with E-state index in [0.29, 0.717) is 30.4 Å². The van der Waals surface area contributed by atoms with Crippen LogP contribution in [0, 0.1) is 5.92 Å². The lowest BCUT2D eigenvalue weighted by Gasteiger charge is -2.36. The Hall–Kier alpha value is -0.750. The van der Waals surface area contributed by atoms with Crippen LogP contribution in [0.4, 0.5) is 18.9 Å². The molecule has 0 spiro atoms. The van der Waals surface area contributed by atoms with Crippen LogP contribution in [0.5, 0.6) is 0 Å². The molecule has 1 saturated heterocycles. The summed E-state index contributed by atoms with van der Waals surface area (Å²) in [4.78, 5) is 1.76. The van der Waals surface area contributed by atoms with E-state index in [9.17, 15) is 18.3 Å². The molecule has 0 radical (unpaired) electrons. The van der Waals surface area contributed by atoms with E-state index < -0.39 is 17.8 Å². The molecule has 1 aliphatic heterocycles. The number of hydrogen-bond acceptors (Lipinski definition) is 2. The summed E-state index contributed by atoms with van der Waals surface area (Å²) in [6, 6.07) is 4.26. The van der Waals surface area contributed by atoms with Crippen molar-refractivity contribution < 1.29 is 18.3 Å². The first-order chi connectivity index (χ1) is 9.29.